The maximum Gasteiger partial charge on any atom is 0.328 e. The predicted octanol–water partition coefficient (Wildman–Crippen LogP) is 2.32. The Labute approximate surface area is 185 Å². The average Bonchev–Trinajstić information content (AvgIpc) is 2.78. The molecule has 7 heteroatoms. The fraction of sp³-hybridized carbons (Fsp3) is 0.200. The molecule has 0 heterocycles. The Balaban J connectivity index is 1.43. The van der Waals surface area contributed by atoms with Gasteiger partial charge >= 0.3 is 5.97 Å². The summed E-state index contributed by atoms with van der Waals surface area (Å²) in [6.45, 7) is 0.866. The maximum atomic E-state index is 12.4. The number of ether oxygens (including phenoxy) is 1. The van der Waals surface area contributed by atoms with E-state index >= 15 is 0 Å². The summed E-state index contributed by atoms with van der Waals surface area (Å²) in [6, 6.07) is 21.5. The van der Waals surface area contributed by atoms with E-state index in [4.69, 9.17) is 4.74 Å². The second-order valence-electron chi connectivity index (χ2n) is 7.35. The van der Waals surface area contributed by atoms with E-state index in [-0.39, 0.29) is 18.7 Å². The van der Waals surface area contributed by atoms with Gasteiger partial charge in [0, 0.05) is 0 Å². The zero-order valence-electron chi connectivity index (χ0n) is 17.7. The van der Waals surface area contributed by atoms with Crippen molar-refractivity contribution in [3.05, 3.63) is 83.9 Å². The summed E-state index contributed by atoms with van der Waals surface area (Å²) >= 11 is 0. The monoisotopic (exact) mass is 432 g/mol. The van der Waals surface area contributed by atoms with Gasteiger partial charge in [-0.1, -0.05) is 72.8 Å². The van der Waals surface area contributed by atoms with E-state index in [1.807, 2.05) is 48.5 Å². The van der Waals surface area contributed by atoms with E-state index in [0.717, 1.165) is 21.9 Å². The number of rotatable bonds is 8. The molecular weight excluding hydrogens is 408 g/mol. The van der Waals surface area contributed by atoms with E-state index in [2.05, 4.69) is 10.6 Å². The Kier molecular flexibility index (Phi) is 7.70. The minimum Gasteiger partial charge on any atom is -0.454 e. The van der Waals surface area contributed by atoms with Crippen molar-refractivity contribution in [3.63, 3.8) is 0 Å². The van der Waals surface area contributed by atoms with Crippen molar-refractivity contribution >= 4 is 34.5 Å². The number of carbonyl (C=O) groups is 4. The van der Waals surface area contributed by atoms with Gasteiger partial charge in [0.1, 0.15) is 6.04 Å². The number of hydrogen-bond donors (Lipinski definition) is 2. The zero-order valence-corrected chi connectivity index (χ0v) is 17.7. The van der Waals surface area contributed by atoms with Gasteiger partial charge in [0.15, 0.2) is 6.61 Å². The lowest BCUT2D eigenvalue weighted by atomic mass is 10.0. The van der Waals surface area contributed by atoms with E-state index in [1.165, 1.54) is 6.92 Å². The summed E-state index contributed by atoms with van der Waals surface area (Å²) in [7, 11) is 0. The highest BCUT2D eigenvalue weighted by molar-refractivity contribution is 5.97. The van der Waals surface area contributed by atoms with Crippen molar-refractivity contribution < 1.29 is 23.9 Å². The van der Waals surface area contributed by atoms with Gasteiger partial charge < -0.3 is 10.1 Å². The third kappa shape index (κ3) is 6.50. The van der Waals surface area contributed by atoms with Crippen LogP contribution in [0, 0.1) is 0 Å². The largest absolute Gasteiger partial charge is 0.454 e. The second-order valence-corrected chi connectivity index (χ2v) is 7.35. The molecule has 0 saturated heterocycles. The van der Waals surface area contributed by atoms with Crippen molar-refractivity contribution in [1.82, 2.24) is 10.6 Å². The van der Waals surface area contributed by atoms with E-state index in [0.29, 0.717) is 0 Å². The second kappa shape index (κ2) is 10.9. The molecule has 0 fully saturated rings. The molecule has 0 aliphatic rings. The minimum absolute atomic E-state index is 0.0428. The number of benzene rings is 3. The number of fused-ring (bicyclic) bond motifs is 1. The van der Waals surface area contributed by atoms with Crippen LogP contribution in [0.4, 0.5) is 0 Å². The van der Waals surface area contributed by atoms with Crippen LogP contribution in [-0.4, -0.2) is 36.3 Å². The number of carbonyl (C=O) groups excluding carboxylic acids is 4. The lowest BCUT2D eigenvalue weighted by Gasteiger charge is -2.14. The lowest BCUT2D eigenvalue weighted by Crippen LogP contribution is -2.42. The summed E-state index contributed by atoms with van der Waals surface area (Å²) in [5.74, 6) is -2.32. The third-order valence-corrected chi connectivity index (χ3v) is 4.79. The molecular formula is C25H24N2O5. The molecule has 0 radical (unpaired) electrons. The summed E-state index contributed by atoms with van der Waals surface area (Å²) in [5, 5.41) is 6.74. The Morgan fingerprint density at radius 2 is 1.47 bits per heavy atom. The van der Waals surface area contributed by atoms with Crippen molar-refractivity contribution in [2.45, 2.75) is 25.8 Å². The summed E-state index contributed by atoms with van der Waals surface area (Å²) in [5.41, 5.74) is 1.61. The first-order valence-electron chi connectivity index (χ1n) is 10.2. The zero-order chi connectivity index (χ0) is 22.9. The van der Waals surface area contributed by atoms with Crippen molar-refractivity contribution in [2.24, 2.45) is 0 Å². The Bertz CT molecular complexity index is 1120. The summed E-state index contributed by atoms with van der Waals surface area (Å²) < 4.78 is 4.92. The van der Waals surface area contributed by atoms with Crippen LogP contribution in [0.5, 0.6) is 0 Å². The van der Waals surface area contributed by atoms with Gasteiger partial charge in [-0.25, -0.2) is 4.79 Å². The standard InChI is InChI=1S/C25H24N2O5/c1-17(26-23(29)15-20-12-7-11-19-10-5-6-13-21(19)20)25(31)32-16-24(30)27-22(28)14-18-8-3-2-4-9-18/h2-13,17H,14-16H2,1H3,(H,26,29)(H,27,28,30)/t17-/m0/s1. The topological polar surface area (TPSA) is 102 Å². The number of imide groups is 1. The Morgan fingerprint density at radius 3 is 2.25 bits per heavy atom. The fourth-order valence-corrected chi connectivity index (χ4v) is 3.25. The molecule has 1 atom stereocenters. The van der Waals surface area contributed by atoms with Crippen molar-refractivity contribution in [2.75, 3.05) is 6.61 Å². The van der Waals surface area contributed by atoms with Gasteiger partial charge in [-0.15, -0.1) is 0 Å². The number of hydrogen-bond acceptors (Lipinski definition) is 5. The average molecular weight is 432 g/mol. The molecule has 3 aromatic rings. The first-order chi connectivity index (χ1) is 15.4. The predicted molar refractivity (Wildman–Crippen MR) is 120 cm³/mol. The maximum absolute atomic E-state index is 12.4. The van der Waals surface area contributed by atoms with Gasteiger partial charge in [0.25, 0.3) is 5.91 Å². The SMILES string of the molecule is C[C@H](NC(=O)Cc1cccc2ccccc12)C(=O)OCC(=O)NC(=O)Cc1ccccc1. The molecule has 3 amide bonds. The quantitative estimate of drug-likeness (QED) is 0.532. The van der Waals surface area contributed by atoms with Gasteiger partial charge in [0.2, 0.25) is 11.8 Å². The molecule has 3 aromatic carbocycles. The first kappa shape index (κ1) is 22.7. The molecule has 0 aliphatic heterocycles. The van der Waals surface area contributed by atoms with Crippen LogP contribution in [0.2, 0.25) is 0 Å². The molecule has 32 heavy (non-hydrogen) atoms. The Morgan fingerprint density at radius 1 is 0.781 bits per heavy atom. The normalized spacial score (nSPS) is 11.4. The molecule has 0 aromatic heterocycles. The molecule has 3 rings (SSSR count). The van der Waals surface area contributed by atoms with Crippen LogP contribution in [0.15, 0.2) is 72.8 Å². The fourth-order valence-electron chi connectivity index (χ4n) is 3.25. The van der Waals surface area contributed by atoms with Crippen LogP contribution >= 0.6 is 0 Å². The van der Waals surface area contributed by atoms with Crippen LogP contribution in [0.1, 0.15) is 18.1 Å². The van der Waals surface area contributed by atoms with Crippen LogP contribution in [0.3, 0.4) is 0 Å². The van der Waals surface area contributed by atoms with E-state index in [1.54, 1.807) is 24.3 Å². The third-order valence-electron chi connectivity index (χ3n) is 4.79. The molecule has 0 saturated carbocycles. The molecule has 164 valence electrons. The summed E-state index contributed by atoms with van der Waals surface area (Å²) in [6.07, 6.45) is 0.147. The van der Waals surface area contributed by atoms with Crippen LogP contribution in [-0.2, 0) is 36.8 Å². The highest BCUT2D eigenvalue weighted by Gasteiger charge is 2.19. The smallest absolute Gasteiger partial charge is 0.328 e. The summed E-state index contributed by atoms with van der Waals surface area (Å²) in [4.78, 5) is 48.3. The molecule has 7 nitrogen and oxygen atoms in total. The number of esters is 1. The number of nitrogens with one attached hydrogen (secondary N) is 2. The molecule has 0 unspecified atom stereocenters. The molecule has 0 bridgehead atoms. The lowest BCUT2D eigenvalue weighted by molar-refractivity contribution is -0.151. The molecule has 0 aliphatic carbocycles. The van der Waals surface area contributed by atoms with Gasteiger partial charge in [-0.2, -0.15) is 0 Å². The van der Waals surface area contributed by atoms with Gasteiger partial charge in [0.05, 0.1) is 12.8 Å². The van der Waals surface area contributed by atoms with Crippen molar-refractivity contribution in [3.8, 4) is 0 Å². The molecule has 2 N–H and O–H groups in total. The minimum atomic E-state index is -0.940. The molecule has 0 spiro atoms. The first-order valence-corrected chi connectivity index (χ1v) is 10.2. The van der Waals surface area contributed by atoms with Crippen molar-refractivity contribution in [1.29, 1.82) is 0 Å². The van der Waals surface area contributed by atoms with E-state index in [9.17, 15) is 19.2 Å². The Hall–Kier alpha value is -4.00. The highest BCUT2D eigenvalue weighted by atomic mass is 16.5. The van der Waals surface area contributed by atoms with Gasteiger partial charge in [-0.05, 0) is 28.8 Å². The van der Waals surface area contributed by atoms with Gasteiger partial charge in [-0.3, -0.25) is 19.7 Å². The van der Waals surface area contributed by atoms with Crippen LogP contribution < -0.4 is 10.6 Å². The van der Waals surface area contributed by atoms with E-state index < -0.39 is 30.4 Å². The highest BCUT2D eigenvalue weighted by Crippen LogP contribution is 2.18. The number of amides is 3. The van der Waals surface area contributed by atoms with Crippen LogP contribution in [0.25, 0.3) is 10.8 Å².